The zero-order valence-electron chi connectivity index (χ0n) is 12.8. The molecule has 1 aromatic carbocycles. The lowest BCUT2D eigenvalue weighted by atomic mass is 10.1. The summed E-state index contributed by atoms with van der Waals surface area (Å²) in [5, 5.41) is 11.2. The molecule has 0 unspecified atom stereocenters. The number of nitro benzene ring substituents is 1. The van der Waals surface area contributed by atoms with Crippen molar-refractivity contribution in [3.63, 3.8) is 0 Å². The minimum atomic E-state index is -0.581. The lowest BCUT2D eigenvalue weighted by Gasteiger charge is -2.24. The van der Waals surface area contributed by atoms with Crippen LogP contribution in [0.15, 0.2) is 6.07 Å². The molecule has 2 rings (SSSR count). The first-order valence-corrected chi connectivity index (χ1v) is 7.72. The van der Waals surface area contributed by atoms with Crippen molar-refractivity contribution in [3.8, 4) is 5.75 Å². The number of halogens is 1. The van der Waals surface area contributed by atoms with E-state index in [1.54, 1.807) is 20.8 Å². The number of methoxy groups -OCH3 is 1. The molecule has 120 valence electrons. The summed E-state index contributed by atoms with van der Waals surface area (Å²) in [6, 6.07) is 1.47. The summed E-state index contributed by atoms with van der Waals surface area (Å²) in [5.74, 6) is 0.232. The lowest BCUT2D eigenvalue weighted by molar-refractivity contribution is -0.385. The average molecular weight is 420 g/mol. The van der Waals surface area contributed by atoms with Gasteiger partial charge in [-0.1, -0.05) is 0 Å². The number of nitro groups is 1. The third-order valence-corrected chi connectivity index (χ3v) is 4.30. The topological polar surface area (TPSA) is 81.9 Å². The highest BCUT2D eigenvalue weighted by Crippen LogP contribution is 2.40. The predicted molar refractivity (Wildman–Crippen MR) is 87.8 cm³/mol. The van der Waals surface area contributed by atoms with Crippen molar-refractivity contribution < 1.29 is 19.2 Å². The van der Waals surface area contributed by atoms with E-state index in [-0.39, 0.29) is 11.4 Å². The van der Waals surface area contributed by atoms with Gasteiger partial charge in [0, 0.05) is 12.6 Å². The molecule has 7 nitrogen and oxygen atoms in total. The minimum Gasteiger partial charge on any atom is -0.489 e. The fourth-order valence-electron chi connectivity index (χ4n) is 2.26. The van der Waals surface area contributed by atoms with Crippen molar-refractivity contribution in [1.82, 2.24) is 4.90 Å². The maximum atomic E-state index is 12.2. The highest BCUT2D eigenvalue weighted by atomic mass is 127. The number of rotatable bonds is 2. The fourth-order valence-corrected chi connectivity index (χ4v) is 3.27. The molecule has 0 fully saturated rings. The highest BCUT2D eigenvalue weighted by Gasteiger charge is 2.33. The Balaban J connectivity index is 2.33. The Labute approximate surface area is 141 Å². The van der Waals surface area contributed by atoms with Crippen LogP contribution in [0, 0.1) is 13.7 Å². The van der Waals surface area contributed by atoms with Gasteiger partial charge in [0.2, 0.25) is 5.75 Å². The zero-order valence-corrected chi connectivity index (χ0v) is 15.0. The van der Waals surface area contributed by atoms with Gasteiger partial charge in [0.25, 0.3) is 0 Å². The quantitative estimate of drug-likeness (QED) is 0.416. The summed E-state index contributed by atoms with van der Waals surface area (Å²) in [4.78, 5) is 24.4. The molecule has 0 bridgehead atoms. The fraction of sp³-hybridized carbons (Fsp3) is 0.500. The summed E-state index contributed by atoms with van der Waals surface area (Å²) < 4.78 is 11.2. The molecule has 1 aliphatic heterocycles. The van der Waals surface area contributed by atoms with E-state index in [4.69, 9.17) is 9.47 Å². The van der Waals surface area contributed by atoms with Crippen LogP contribution in [0.4, 0.5) is 10.5 Å². The van der Waals surface area contributed by atoms with Gasteiger partial charge in [-0.05, 0) is 54.5 Å². The van der Waals surface area contributed by atoms with E-state index >= 15 is 0 Å². The number of carbonyl (C=O) groups excluding carboxylic acids is 1. The number of ether oxygens (including phenoxy) is 2. The first kappa shape index (κ1) is 16.8. The molecule has 22 heavy (non-hydrogen) atoms. The van der Waals surface area contributed by atoms with Gasteiger partial charge in [-0.2, -0.15) is 0 Å². The summed E-state index contributed by atoms with van der Waals surface area (Å²) in [7, 11) is 1.40. The van der Waals surface area contributed by atoms with Crippen molar-refractivity contribution in [2.75, 3.05) is 7.11 Å². The normalized spacial score (nSPS) is 13.8. The van der Waals surface area contributed by atoms with E-state index in [1.807, 2.05) is 22.6 Å². The average Bonchev–Trinajstić information content (AvgIpc) is 2.81. The Kier molecular flexibility index (Phi) is 4.50. The number of carbonyl (C=O) groups is 1. The van der Waals surface area contributed by atoms with E-state index in [1.165, 1.54) is 18.1 Å². The first-order valence-electron chi connectivity index (χ1n) is 6.64. The van der Waals surface area contributed by atoms with E-state index in [0.717, 1.165) is 11.1 Å². The van der Waals surface area contributed by atoms with Crippen LogP contribution in [0.25, 0.3) is 0 Å². The van der Waals surface area contributed by atoms with E-state index < -0.39 is 16.6 Å². The molecule has 0 radical (unpaired) electrons. The third kappa shape index (κ3) is 3.26. The minimum absolute atomic E-state index is 0.0864. The van der Waals surface area contributed by atoms with E-state index in [2.05, 4.69) is 0 Å². The monoisotopic (exact) mass is 420 g/mol. The molecule has 1 aromatic rings. The maximum absolute atomic E-state index is 12.2. The number of hydrogen-bond donors (Lipinski definition) is 0. The summed E-state index contributed by atoms with van der Waals surface area (Å²) in [6.45, 7) is 6.05. The maximum Gasteiger partial charge on any atom is 0.410 e. The van der Waals surface area contributed by atoms with E-state index in [0.29, 0.717) is 16.7 Å². The van der Waals surface area contributed by atoms with Crippen molar-refractivity contribution in [1.29, 1.82) is 0 Å². The molecule has 0 atom stereocenters. The molecule has 0 saturated heterocycles. The molecule has 8 heteroatoms. The van der Waals surface area contributed by atoms with Gasteiger partial charge < -0.3 is 9.47 Å². The van der Waals surface area contributed by atoms with Gasteiger partial charge in [0.05, 0.1) is 22.1 Å². The molecule has 1 heterocycles. The van der Waals surface area contributed by atoms with Crippen molar-refractivity contribution in [3.05, 3.63) is 30.9 Å². The Morgan fingerprint density at radius 3 is 2.55 bits per heavy atom. The smallest absolute Gasteiger partial charge is 0.410 e. The second-order valence-electron chi connectivity index (χ2n) is 5.97. The Bertz CT molecular complexity index is 639. The Hall–Kier alpha value is -1.58. The second-order valence-corrected chi connectivity index (χ2v) is 7.05. The number of fused-ring (bicyclic) bond motifs is 1. The van der Waals surface area contributed by atoms with Gasteiger partial charge in [0.15, 0.2) is 0 Å². The summed E-state index contributed by atoms with van der Waals surface area (Å²) in [6.07, 6.45) is -0.430. The van der Waals surface area contributed by atoms with Crippen LogP contribution in [0.5, 0.6) is 5.75 Å². The number of amides is 1. The van der Waals surface area contributed by atoms with Gasteiger partial charge in [0.1, 0.15) is 5.60 Å². The molecule has 1 amide bonds. The van der Waals surface area contributed by atoms with Crippen molar-refractivity contribution >= 4 is 34.4 Å². The molecule has 0 aliphatic carbocycles. The van der Waals surface area contributed by atoms with Gasteiger partial charge in [-0.25, -0.2) is 4.79 Å². The van der Waals surface area contributed by atoms with Crippen molar-refractivity contribution in [2.45, 2.75) is 39.5 Å². The molecule has 0 spiro atoms. The molecule has 0 N–H and O–H groups in total. The SMILES string of the molecule is COc1c([N+](=O)[O-])cc2c(c1I)CN(C(=O)OC(C)(C)C)C2. The molecular weight excluding hydrogens is 403 g/mol. The van der Waals surface area contributed by atoms with Crippen LogP contribution in [0.3, 0.4) is 0 Å². The van der Waals surface area contributed by atoms with Crippen molar-refractivity contribution in [2.24, 2.45) is 0 Å². The van der Waals surface area contributed by atoms with Crippen LogP contribution in [0.1, 0.15) is 31.9 Å². The molecule has 0 saturated carbocycles. The number of hydrogen-bond acceptors (Lipinski definition) is 5. The summed E-state index contributed by atoms with van der Waals surface area (Å²) >= 11 is 2.02. The first-order chi connectivity index (χ1) is 10.1. The van der Waals surface area contributed by atoms with Gasteiger partial charge in [-0.3, -0.25) is 15.0 Å². The Morgan fingerprint density at radius 1 is 1.41 bits per heavy atom. The summed E-state index contributed by atoms with van der Waals surface area (Å²) in [5.41, 5.74) is 0.955. The van der Waals surface area contributed by atoms with E-state index in [9.17, 15) is 14.9 Å². The van der Waals surface area contributed by atoms with Crippen LogP contribution in [0.2, 0.25) is 0 Å². The van der Waals surface area contributed by atoms with Crippen LogP contribution in [-0.4, -0.2) is 28.6 Å². The van der Waals surface area contributed by atoms with Crippen LogP contribution in [-0.2, 0) is 17.8 Å². The molecule has 0 aromatic heterocycles. The van der Waals surface area contributed by atoms with Gasteiger partial charge >= 0.3 is 11.8 Å². The van der Waals surface area contributed by atoms with Crippen LogP contribution < -0.4 is 4.74 Å². The standard InChI is InChI=1S/C14H17IN2O5/c1-14(2,3)22-13(18)16-6-8-5-10(17(19)20)12(21-4)11(15)9(8)7-16/h5H,6-7H2,1-4H3. The number of benzene rings is 1. The number of nitrogens with zero attached hydrogens (tertiary/aromatic N) is 2. The van der Waals surface area contributed by atoms with Crippen LogP contribution >= 0.6 is 22.6 Å². The lowest BCUT2D eigenvalue weighted by Crippen LogP contribution is -2.33. The largest absolute Gasteiger partial charge is 0.489 e. The third-order valence-electron chi connectivity index (χ3n) is 3.16. The highest BCUT2D eigenvalue weighted by molar-refractivity contribution is 14.1. The zero-order chi connectivity index (χ0) is 16.7. The van der Waals surface area contributed by atoms with Gasteiger partial charge in [-0.15, -0.1) is 0 Å². The molecular formula is C14H17IN2O5. The predicted octanol–water partition coefficient (Wildman–Crippen LogP) is 3.46. The molecule has 1 aliphatic rings. The second kappa shape index (κ2) is 5.90. The Morgan fingerprint density at radius 2 is 2.05 bits per heavy atom.